The van der Waals surface area contributed by atoms with Gasteiger partial charge in [-0.3, -0.25) is 0 Å². The number of rotatable bonds is 11. The van der Waals surface area contributed by atoms with Crippen LogP contribution in [0.25, 0.3) is 6.08 Å². The molecule has 0 aromatic heterocycles. The summed E-state index contributed by atoms with van der Waals surface area (Å²) in [5, 5.41) is 0. The molecule has 0 radical (unpaired) electrons. The second-order valence-corrected chi connectivity index (χ2v) is 9.61. The zero-order chi connectivity index (χ0) is 22.7. The quantitative estimate of drug-likeness (QED) is 0.171. The van der Waals surface area contributed by atoms with Gasteiger partial charge in [0.05, 0.1) is 24.1 Å². The summed E-state index contributed by atoms with van der Waals surface area (Å²) in [5.41, 5.74) is 1.10. The maximum Gasteiger partial charge on any atom is 0.166 e. The van der Waals surface area contributed by atoms with Crippen molar-refractivity contribution in [1.82, 2.24) is 0 Å². The average molecular weight is 454 g/mol. The van der Waals surface area contributed by atoms with Gasteiger partial charge in [0.1, 0.15) is 11.5 Å². The molecule has 4 aromatic rings. The predicted octanol–water partition coefficient (Wildman–Crippen LogP) is 7.66. The van der Waals surface area contributed by atoms with Gasteiger partial charge in [0.25, 0.3) is 0 Å². The van der Waals surface area contributed by atoms with Crippen LogP contribution in [0.15, 0.2) is 130 Å². The molecule has 0 aliphatic rings. The molecule has 0 amide bonds. The van der Waals surface area contributed by atoms with Crippen molar-refractivity contribution in [3.05, 3.63) is 121 Å². The van der Waals surface area contributed by atoms with Gasteiger partial charge in [-0.05, 0) is 79.1 Å². The Bertz CT molecular complexity index is 1070. The van der Waals surface area contributed by atoms with Gasteiger partial charge in [0, 0.05) is 0 Å². The SMILES string of the molecule is C=Cc1ccc(OCCCCOc2ccc([S+](c3ccccc3)c3ccccc3)cc2)cc1. The van der Waals surface area contributed by atoms with Crippen molar-refractivity contribution in [3.8, 4) is 11.5 Å². The minimum Gasteiger partial charge on any atom is -0.494 e. The van der Waals surface area contributed by atoms with E-state index in [-0.39, 0.29) is 10.9 Å². The van der Waals surface area contributed by atoms with Crippen LogP contribution in [0, 0.1) is 0 Å². The highest BCUT2D eigenvalue weighted by Gasteiger charge is 2.28. The zero-order valence-corrected chi connectivity index (χ0v) is 19.5. The molecule has 0 fully saturated rings. The molecule has 2 nitrogen and oxygen atoms in total. The third kappa shape index (κ3) is 6.53. The van der Waals surface area contributed by atoms with Crippen molar-refractivity contribution >= 4 is 17.0 Å². The van der Waals surface area contributed by atoms with E-state index in [1.165, 1.54) is 14.7 Å². The minimum atomic E-state index is -0.131. The van der Waals surface area contributed by atoms with Crippen molar-refractivity contribution in [2.45, 2.75) is 27.5 Å². The van der Waals surface area contributed by atoms with Gasteiger partial charge >= 0.3 is 0 Å². The topological polar surface area (TPSA) is 18.5 Å². The molecule has 0 saturated heterocycles. The lowest BCUT2D eigenvalue weighted by Crippen LogP contribution is -2.05. The number of unbranched alkanes of at least 4 members (excludes halogenated alkanes) is 1. The molecule has 0 atom stereocenters. The average Bonchev–Trinajstić information content (AvgIpc) is 2.89. The molecular formula is C30H29O2S+. The highest BCUT2D eigenvalue weighted by atomic mass is 32.2. The van der Waals surface area contributed by atoms with Crippen LogP contribution in [-0.2, 0) is 10.9 Å². The van der Waals surface area contributed by atoms with Crippen LogP contribution in [0.1, 0.15) is 18.4 Å². The lowest BCUT2D eigenvalue weighted by atomic mass is 10.2. The largest absolute Gasteiger partial charge is 0.494 e. The second kappa shape index (κ2) is 12.0. The molecule has 0 N–H and O–H groups in total. The van der Waals surface area contributed by atoms with Crippen molar-refractivity contribution in [2.75, 3.05) is 13.2 Å². The molecule has 0 aliphatic heterocycles. The predicted molar refractivity (Wildman–Crippen MR) is 138 cm³/mol. The lowest BCUT2D eigenvalue weighted by Gasteiger charge is -2.10. The molecule has 33 heavy (non-hydrogen) atoms. The normalized spacial score (nSPS) is 10.7. The zero-order valence-electron chi connectivity index (χ0n) is 18.7. The highest BCUT2D eigenvalue weighted by Crippen LogP contribution is 2.31. The molecule has 0 saturated carbocycles. The Hall–Kier alpha value is -3.43. The molecular weight excluding hydrogens is 424 g/mol. The molecule has 0 aliphatic carbocycles. The first-order valence-electron chi connectivity index (χ1n) is 11.3. The summed E-state index contributed by atoms with van der Waals surface area (Å²) in [6, 6.07) is 37.9. The van der Waals surface area contributed by atoms with E-state index in [1.807, 2.05) is 30.3 Å². The van der Waals surface area contributed by atoms with Gasteiger partial charge in [-0.25, -0.2) is 0 Å². The Morgan fingerprint density at radius 2 is 0.970 bits per heavy atom. The Labute approximate surface area is 199 Å². The maximum atomic E-state index is 5.97. The monoisotopic (exact) mass is 453 g/mol. The third-order valence-corrected chi connectivity index (χ3v) is 7.44. The number of hydrogen-bond acceptors (Lipinski definition) is 2. The van der Waals surface area contributed by atoms with Gasteiger partial charge in [-0.1, -0.05) is 61.2 Å². The van der Waals surface area contributed by atoms with Crippen LogP contribution >= 0.6 is 0 Å². The van der Waals surface area contributed by atoms with Crippen molar-refractivity contribution in [2.24, 2.45) is 0 Å². The molecule has 0 spiro atoms. The Morgan fingerprint density at radius 3 is 1.42 bits per heavy atom. The molecule has 0 heterocycles. The summed E-state index contributed by atoms with van der Waals surface area (Å²) >= 11 is 0. The van der Waals surface area contributed by atoms with E-state index < -0.39 is 0 Å². The van der Waals surface area contributed by atoms with Crippen LogP contribution in [-0.4, -0.2) is 13.2 Å². The highest BCUT2D eigenvalue weighted by molar-refractivity contribution is 7.97. The Morgan fingerprint density at radius 1 is 0.545 bits per heavy atom. The van der Waals surface area contributed by atoms with Gasteiger partial charge < -0.3 is 9.47 Å². The summed E-state index contributed by atoms with van der Waals surface area (Å²) in [4.78, 5) is 3.92. The fraction of sp³-hybridized carbons (Fsp3) is 0.133. The lowest BCUT2D eigenvalue weighted by molar-refractivity contribution is 0.266. The van der Waals surface area contributed by atoms with Gasteiger partial charge in [-0.2, -0.15) is 0 Å². The van der Waals surface area contributed by atoms with Crippen LogP contribution in [0.3, 0.4) is 0 Å². The van der Waals surface area contributed by atoms with Gasteiger partial charge in [-0.15, -0.1) is 0 Å². The first-order valence-corrected chi connectivity index (χ1v) is 12.5. The number of hydrogen-bond donors (Lipinski definition) is 0. The summed E-state index contributed by atoms with van der Waals surface area (Å²) in [7, 11) is -0.131. The Kier molecular flexibility index (Phi) is 8.26. The Balaban J connectivity index is 1.28. The van der Waals surface area contributed by atoms with Crippen LogP contribution < -0.4 is 9.47 Å². The number of ether oxygens (including phenoxy) is 2. The van der Waals surface area contributed by atoms with E-state index in [2.05, 4.69) is 91.5 Å². The van der Waals surface area contributed by atoms with Gasteiger partial charge in [0.2, 0.25) is 0 Å². The number of benzene rings is 4. The van der Waals surface area contributed by atoms with Crippen LogP contribution in [0.5, 0.6) is 11.5 Å². The van der Waals surface area contributed by atoms with Crippen molar-refractivity contribution in [3.63, 3.8) is 0 Å². The molecule has 4 rings (SSSR count). The van der Waals surface area contributed by atoms with Gasteiger partial charge in [0.15, 0.2) is 14.7 Å². The minimum absolute atomic E-state index is 0.131. The van der Waals surface area contributed by atoms with E-state index >= 15 is 0 Å². The molecule has 0 unspecified atom stereocenters. The fourth-order valence-corrected chi connectivity index (χ4v) is 5.56. The molecule has 3 heteroatoms. The first-order chi connectivity index (χ1) is 16.3. The third-order valence-electron chi connectivity index (χ3n) is 5.21. The van der Waals surface area contributed by atoms with E-state index in [0.717, 1.165) is 29.9 Å². The summed E-state index contributed by atoms with van der Waals surface area (Å²) < 4.78 is 11.8. The van der Waals surface area contributed by atoms with Crippen molar-refractivity contribution < 1.29 is 9.47 Å². The smallest absolute Gasteiger partial charge is 0.166 e. The summed E-state index contributed by atoms with van der Waals surface area (Å²) in [6.45, 7) is 5.14. The van der Waals surface area contributed by atoms with E-state index in [4.69, 9.17) is 9.47 Å². The van der Waals surface area contributed by atoms with Crippen molar-refractivity contribution in [1.29, 1.82) is 0 Å². The molecule has 166 valence electrons. The van der Waals surface area contributed by atoms with E-state index in [1.54, 1.807) is 0 Å². The van der Waals surface area contributed by atoms with E-state index in [0.29, 0.717) is 13.2 Å². The first kappa shape index (κ1) is 22.8. The van der Waals surface area contributed by atoms with Crippen LogP contribution in [0.4, 0.5) is 0 Å². The molecule has 4 aromatic carbocycles. The fourth-order valence-electron chi connectivity index (χ4n) is 3.48. The second-order valence-electron chi connectivity index (χ2n) is 7.58. The summed E-state index contributed by atoms with van der Waals surface area (Å²) in [5.74, 6) is 1.80. The summed E-state index contributed by atoms with van der Waals surface area (Å²) in [6.07, 6.45) is 3.73. The van der Waals surface area contributed by atoms with E-state index in [9.17, 15) is 0 Å². The van der Waals surface area contributed by atoms with Crippen LogP contribution in [0.2, 0.25) is 0 Å². The molecule has 0 bridgehead atoms. The standard InChI is InChI=1S/C30H29O2S/c1-2-25-15-17-26(18-16-25)31-23-9-10-24-32-27-19-21-30(22-20-27)33(28-11-5-3-6-12-28)29-13-7-4-8-14-29/h2-8,11-22H,1,9-10,23-24H2/q+1. The maximum absolute atomic E-state index is 5.97.